The molecule has 0 saturated heterocycles. The third kappa shape index (κ3) is 2.26. The van der Waals surface area contributed by atoms with Gasteiger partial charge in [-0.3, -0.25) is 4.98 Å². The Kier molecular flexibility index (Phi) is 3.16. The van der Waals surface area contributed by atoms with E-state index < -0.39 is 0 Å². The highest BCUT2D eigenvalue weighted by Gasteiger charge is 2.10. The van der Waals surface area contributed by atoms with Crippen LogP contribution >= 0.6 is 0 Å². The maximum absolute atomic E-state index is 4.54. The molecule has 0 aliphatic heterocycles. The summed E-state index contributed by atoms with van der Waals surface area (Å²) in [6, 6.07) is 10.2. The largest absolute Gasteiger partial charge is 0.349 e. The van der Waals surface area contributed by atoms with Gasteiger partial charge >= 0.3 is 0 Å². The van der Waals surface area contributed by atoms with Crippen molar-refractivity contribution in [3.05, 3.63) is 67.1 Å². The zero-order valence-corrected chi connectivity index (χ0v) is 12.0. The molecule has 0 unspecified atom stereocenters. The molecule has 0 bridgehead atoms. The number of aromatic nitrogens is 5. The second kappa shape index (κ2) is 5.44. The van der Waals surface area contributed by atoms with E-state index in [1.54, 1.807) is 6.20 Å². The lowest BCUT2D eigenvalue weighted by molar-refractivity contribution is 0.683. The molecule has 0 fully saturated rings. The van der Waals surface area contributed by atoms with Crippen LogP contribution in [-0.2, 0) is 13.0 Å². The second-order valence-electron chi connectivity index (χ2n) is 5.11. The second-order valence-corrected chi connectivity index (χ2v) is 5.11. The van der Waals surface area contributed by atoms with E-state index in [1.165, 1.54) is 0 Å². The summed E-state index contributed by atoms with van der Waals surface area (Å²) in [6.45, 7) is 0.833. The van der Waals surface area contributed by atoms with E-state index in [2.05, 4.69) is 36.6 Å². The van der Waals surface area contributed by atoms with Gasteiger partial charge in [0, 0.05) is 54.9 Å². The van der Waals surface area contributed by atoms with Crippen molar-refractivity contribution in [2.24, 2.45) is 0 Å². The molecule has 0 radical (unpaired) electrons. The van der Waals surface area contributed by atoms with E-state index in [4.69, 9.17) is 0 Å². The van der Waals surface area contributed by atoms with Gasteiger partial charge in [-0.15, -0.1) is 0 Å². The third-order valence-corrected chi connectivity index (χ3v) is 3.75. The molecule has 0 saturated carbocycles. The van der Waals surface area contributed by atoms with Gasteiger partial charge in [0.1, 0.15) is 11.6 Å². The zero-order chi connectivity index (χ0) is 14.8. The molecule has 0 amide bonds. The lowest BCUT2D eigenvalue weighted by Crippen LogP contribution is -2.04. The normalized spacial score (nSPS) is 11.1. The van der Waals surface area contributed by atoms with Crippen molar-refractivity contribution >= 4 is 10.9 Å². The molecule has 0 atom stereocenters. The van der Waals surface area contributed by atoms with E-state index in [-0.39, 0.29) is 0 Å². The van der Waals surface area contributed by atoms with Gasteiger partial charge in [-0.25, -0.2) is 9.97 Å². The molecule has 4 aromatic rings. The smallest absolute Gasteiger partial charge is 0.140 e. The first kappa shape index (κ1) is 12.8. The van der Waals surface area contributed by atoms with Crippen molar-refractivity contribution in [3.8, 4) is 11.4 Å². The average molecular weight is 289 g/mol. The minimum atomic E-state index is 0.833. The van der Waals surface area contributed by atoms with Crippen LogP contribution in [0.2, 0.25) is 0 Å². The van der Waals surface area contributed by atoms with Gasteiger partial charge in [-0.05, 0) is 12.1 Å². The van der Waals surface area contributed by atoms with Crippen LogP contribution in [-0.4, -0.2) is 24.5 Å². The molecule has 0 spiro atoms. The zero-order valence-electron chi connectivity index (χ0n) is 12.0. The number of hydrogen-bond acceptors (Lipinski definition) is 3. The molecule has 3 aromatic heterocycles. The predicted molar refractivity (Wildman–Crippen MR) is 85.3 cm³/mol. The number of pyridine rings is 1. The number of hydrogen-bond donors (Lipinski definition) is 1. The van der Waals surface area contributed by atoms with E-state index >= 15 is 0 Å². The Balaban J connectivity index is 1.72. The SMILES string of the molecule is c1cc(-c2nccn2CCc2ncc[nH]2)c2cccnc2c1. The lowest BCUT2D eigenvalue weighted by atomic mass is 10.1. The predicted octanol–water partition coefficient (Wildman–Crippen LogP) is 3.06. The van der Waals surface area contributed by atoms with Crippen LogP contribution in [0.1, 0.15) is 5.82 Å². The fourth-order valence-corrected chi connectivity index (χ4v) is 2.69. The highest BCUT2D eigenvalue weighted by molar-refractivity contribution is 5.92. The van der Waals surface area contributed by atoms with Gasteiger partial charge < -0.3 is 9.55 Å². The molecule has 108 valence electrons. The Morgan fingerprint density at radius 3 is 2.86 bits per heavy atom. The van der Waals surface area contributed by atoms with Gasteiger partial charge in [0.05, 0.1) is 5.52 Å². The van der Waals surface area contributed by atoms with Crippen LogP contribution in [0.4, 0.5) is 0 Å². The molecule has 1 N–H and O–H groups in total. The Morgan fingerprint density at radius 1 is 0.955 bits per heavy atom. The van der Waals surface area contributed by atoms with E-state index in [0.29, 0.717) is 0 Å². The summed E-state index contributed by atoms with van der Waals surface area (Å²) in [7, 11) is 0. The van der Waals surface area contributed by atoms with Crippen LogP contribution < -0.4 is 0 Å². The third-order valence-electron chi connectivity index (χ3n) is 3.75. The summed E-state index contributed by atoms with van der Waals surface area (Å²) in [6.07, 6.45) is 10.1. The number of benzene rings is 1. The topological polar surface area (TPSA) is 59.4 Å². The Bertz CT molecular complexity index is 887. The maximum atomic E-state index is 4.54. The summed E-state index contributed by atoms with van der Waals surface area (Å²) in [5.74, 6) is 1.95. The van der Waals surface area contributed by atoms with Crippen molar-refractivity contribution in [1.29, 1.82) is 0 Å². The molecule has 1 aromatic carbocycles. The first-order chi connectivity index (χ1) is 10.9. The fraction of sp³-hybridized carbons (Fsp3) is 0.118. The Hall–Kier alpha value is -2.95. The van der Waals surface area contributed by atoms with Crippen molar-refractivity contribution in [3.63, 3.8) is 0 Å². The first-order valence-electron chi connectivity index (χ1n) is 7.25. The number of imidazole rings is 2. The van der Waals surface area contributed by atoms with Gasteiger partial charge in [0.15, 0.2) is 0 Å². The quantitative estimate of drug-likeness (QED) is 0.628. The van der Waals surface area contributed by atoms with Crippen molar-refractivity contribution in [2.45, 2.75) is 13.0 Å². The maximum Gasteiger partial charge on any atom is 0.140 e. The van der Waals surface area contributed by atoms with Gasteiger partial charge in [0.2, 0.25) is 0 Å². The summed E-state index contributed by atoms with van der Waals surface area (Å²) in [4.78, 5) is 16.4. The minimum absolute atomic E-state index is 0.833. The number of H-pyrrole nitrogens is 1. The van der Waals surface area contributed by atoms with Crippen LogP contribution in [0.5, 0.6) is 0 Å². The molecule has 4 rings (SSSR count). The molecule has 22 heavy (non-hydrogen) atoms. The molecule has 5 nitrogen and oxygen atoms in total. The molecule has 5 heteroatoms. The molecule has 0 aliphatic rings. The van der Waals surface area contributed by atoms with E-state index in [9.17, 15) is 0 Å². The highest BCUT2D eigenvalue weighted by Crippen LogP contribution is 2.26. The van der Waals surface area contributed by atoms with Gasteiger partial charge in [-0.1, -0.05) is 18.2 Å². The summed E-state index contributed by atoms with van der Waals surface area (Å²) in [5, 5.41) is 1.12. The number of aryl methyl sites for hydroxylation is 2. The van der Waals surface area contributed by atoms with Crippen molar-refractivity contribution in [1.82, 2.24) is 24.5 Å². The summed E-state index contributed by atoms with van der Waals surface area (Å²) < 4.78 is 2.16. The summed E-state index contributed by atoms with van der Waals surface area (Å²) in [5.41, 5.74) is 2.09. The monoisotopic (exact) mass is 289 g/mol. The lowest BCUT2D eigenvalue weighted by Gasteiger charge is -2.09. The van der Waals surface area contributed by atoms with Crippen molar-refractivity contribution in [2.75, 3.05) is 0 Å². The number of aromatic amines is 1. The molecular weight excluding hydrogens is 274 g/mol. The number of nitrogens with one attached hydrogen (secondary N) is 1. The van der Waals surface area contributed by atoms with Gasteiger partial charge in [-0.2, -0.15) is 0 Å². The highest BCUT2D eigenvalue weighted by atomic mass is 15.1. The number of nitrogens with zero attached hydrogens (tertiary/aromatic N) is 4. The van der Waals surface area contributed by atoms with Crippen LogP contribution in [0.3, 0.4) is 0 Å². The van der Waals surface area contributed by atoms with Gasteiger partial charge in [0.25, 0.3) is 0 Å². The molecule has 0 aliphatic carbocycles. The standard InChI is InChI=1S/C17H15N5/c1-3-14(13-4-2-7-18-15(13)5-1)17-21-10-12-22(17)11-6-16-19-8-9-20-16/h1-5,7-10,12H,6,11H2,(H,19,20). The van der Waals surface area contributed by atoms with E-state index in [0.717, 1.165) is 41.1 Å². The molecule has 3 heterocycles. The Morgan fingerprint density at radius 2 is 1.95 bits per heavy atom. The Labute approximate surface area is 127 Å². The summed E-state index contributed by atoms with van der Waals surface area (Å²) >= 11 is 0. The number of fused-ring (bicyclic) bond motifs is 1. The first-order valence-corrected chi connectivity index (χ1v) is 7.25. The number of rotatable bonds is 4. The van der Waals surface area contributed by atoms with E-state index in [1.807, 2.05) is 43.0 Å². The minimum Gasteiger partial charge on any atom is -0.349 e. The average Bonchev–Trinajstić information content (AvgIpc) is 3.24. The van der Waals surface area contributed by atoms with Crippen LogP contribution in [0.25, 0.3) is 22.3 Å². The van der Waals surface area contributed by atoms with Crippen LogP contribution in [0, 0.1) is 0 Å². The van der Waals surface area contributed by atoms with Crippen LogP contribution in [0.15, 0.2) is 61.3 Å². The molecular formula is C17H15N5. The fourth-order valence-electron chi connectivity index (χ4n) is 2.69. The van der Waals surface area contributed by atoms with Crippen molar-refractivity contribution < 1.29 is 0 Å².